The van der Waals surface area contributed by atoms with Crippen LogP contribution in [0.4, 0.5) is 17.1 Å². The van der Waals surface area contributed by atoms with E-state index in [1.165, 1.54) is 43.6 Å². The molecule has 0 N–H and O–H groups in total. The molecule has 6 aromatic rings. The Hall–Kier alpha value is -4.10. The monoisotopic (exact) mass is 409 g/mol. The quantitative estimate of drug-likeness (QED) is 0.282. The van der Waals surface area contributed by atoms with Gasteiger partial charge in [0, 0.05) is 16.8 Å². The highest BCUT2D eigenvalue weighted by Gasteiger charge is 2.16. The third-order valence-corrected chi connectivity index (χ3v) is 6.34. The van der Waals surface area contributed by atoms with Gasteiger partial charge in [-0.1, -0.05) is 91.0 Å². The zero-order valence-electron chi connectivity index (χ0n) is 18.0. The molecule has 0 aromatic heterocycles. The van der Waals surface area contributed by atoms with Gasteiger partial charge in [-0.05, 0) is 69.8 Å². The molecule has 0 saturated heterocycles. The summed E-state index contributed by atoms with van der Waals surface area (Å²) in [5.74, 6) is 0. The molecule has 6 aromatic carbocycles. The lowest BCUT2D eigenvalue weighted by Crippen LogP contribution is -2.10. The summed E-state index contributed by atoms with van der Waals surface area (Å²) in [7, 11) is 0. The Balaban J connectivity index is 1.65. The average molecular weight is 410 g/mol. The summed E-state index contributed by atoms with van der Waals surface area (Å²) in [6.45, 7) is 2.18. The van der Waals surface area contributed by atoms with Crippen molar-refractivity contribution in [3.63, 3.8) is 0 Å². The zero-order chi connectivity index (χ0) is 21.5. The van der Waals surface area contributed by atoms with Crippen molar-refractivity contribution >= 4 is 49.4 Å². The Morgan fingerprint density at radius 3 is 1.53 bits per heavy atom. The molecule has 0 unspecified atom stereocenters. The fourth-order valence-corrected chi connectivity index (χ4v) is 4.69. The van der Waals surface area contributed by atoms with E-state index in [0.717, 1.165) is 11.4 Å². The number of nitrogens with zero attached hydrogens (tertiary/aromatic N) is 1. The van der Waals surface area contributed by atoms with Gasteiger partial charge in [-0.15, -0.1) is 0 Å². The van der Waals surface area contributed by atoms with Gasteiger partial charge in [0.1, 0.15) is 0 Å². The first-order chi connectivity index (χ1) is 15.8. The molecule has 1 nitrogen and oxygen atoms in total. The van der Waals surface area contributed by atoms with E-state index in [2.05, 4.69) is 133 Å². The smallest absolute Gasteiger partial charge is 0.0540 e. The van der Waals surface area contributed by atoms with Gasteiger partial charge in [0.15, 0.2) is 0 Å². The molecule has 0 aliphatic carbocycles. The molecule has 0 aliphatic heterocycles. The van der Waals surface area contributed by atoms with Gasteiger partial charge >= 0.3 is 0 Å². The predicted molar refractivity (Wildman–Crippen MR) is 138 cm³/mol. The maximum atomic E-state index is 2.39. The number of fused-ring (bicyclic) bond motifs is 3. The van der Waals surface area contributed by atoms with Gasteiger partial charge in [0.05, 0.1) is 5.69 Å². The lowest BCUT2D eigenvalue weighted by atomic mass is 10.0. The lowest BCUT2D eigenvalue weighted by molar-refractivity contribution is 1.30. The normalized spacial score (nSPS) is 11.3. The number of rotatable bonds is 3. The molecule has 0 radical (unpaired) electrons. The second kappa shape index (κ2) is 7.55. The van der Waals surface area contributed by atoms with Crippen LogP contribution < -0.4 is 4.90 Å². The van der Waals surface area contributed by atoms with E-state index < -0.39 is 0 Å². The van der Waals surface area contributed by atoms with E-state index in [1.54, 1.807) is 0 Å². The van der Waals surface area contributed by atoms with E-state index in [-0.39, 0.29) is 0 Å². The third kappa shape index (κ3) is 3.11. The average Bonchev–Trinajstić information content (AvgIpc) is 2.85. The Labute approximate surface area is 188 Å². The van der Waals surface area contributed by atoms with Gasteiger partial charge in [-0.3, -0.25) is 0 Å². The van der Waals surface area contributed by atoms with Crippen LogP contribution in [-0.2, 0) is 0 Å². The Morgan fingerprint density at radius 2 is 0.938 bits per heavy atom. The topological polar surface area (TPSA) is 3.24 Å². The zero-order valence-corrected chi connectivity index (χ0v) is 18.0. The van der Waals surface area contributed by atoms with Crippen LogP contribution in [0.15, 0.2) is 121 Å². The van der Waals surface area contributed by atoms with Crippen molar-refractivity contribution in [1.82, 2.24) is 0 Å². The van der Waals surface area contributed by atoms with Crippen molar-refractivity contribution < 1.29 is 0 Å². The van der Waals surface area contributed by atoms with Crippen LogP contribution in [-0.4, -0.2) is 0 Å². The van der Waals surface area contributed by atoms with Crippen LogP contribution >= 0.6 is 0 Å². The SMILES string of the molecule is Cc1ccc(N(c2ccc3ccccc3c2)c2ccc3ccccc3c2)c2ccccc12. The van der Waals surface area contributed by atoms with Crippen molar-refractivity contribution in [1.29, 1.82) is 0 Å². The van der Waals surface area contributed by atoms with Gasteiger partial charge in [0.25, 0.3) is 0 Å². The second-order valence-electron chi connectivity index (χ2n) is 8.35. The Bertz CT molecular complexity index is 1520. The van der Waals surface area contributed by atoms with Crippen molar-refractivity contribution in [2.45, 2.75) is 6.92 Å². The highest BCUT2D eigenvalue weighted by molar-refractivity contribution is 6.02. The molecule has 0 aliphatic rings. The maximum Gasteiger partial charge on any atom is 0.0540 e. The summed E-state index contributed by atoms with van der Waals surface area (Å²) in [6, 6.07) is 43.8. The molecule has 0 spiro atoms. The number of hydrogen-bond donors (Lipinski definition) is 0. The van der Waals surface area contributed by atoms with Crippen LogP contribution in [0.3, 0.4) is 0 Å². The van der Waals surface area contributed by atoms with Crippen molar-refractivity contribution in [3.8, 4) is 0 Å². The maximum absolute atomic E-state index is 2.39. The number of aryl methyl sites for hydroxylation is 1. The first kappa shape index (κ1) is 18.7. The van der Waals surface area contributed by atoms with Crippen molar-refractivity contribution in [2.75, 3.05) is 4.90 Å². The lowest BCUT2D eigenvalue weighted by Gasteiger charge is -2.28. The molecule has 0 saturated carbocycles. The highest BCUT2D eigenvalue weighted by Crippen LogP contribution is 2.41. The molecule has 0 fully saturated rings. The highest BCUT2D eigenvalue weighted by atomic mass is 15.1. The molecule has 6 rings (SSSR count). The summed E-state index contributed by atoms with van der Waals surface area (Å²) in [6.07, 6.45) is 0. The Morgan fingerprint density at radius 1 is 0.438 bits per heavy atom. The Kier molecular flexibility index (Phi) is 4.40. The van der Waals surface area contributed by atoms with Gasteiger partial charge in [0.2, 0.25) is 0 Å². The minimum absolute atomic E-state index is 1.16. The van der Waals surface area contributed by atoms with Crippen LogP contribution in [0.25, 0.3) is 32.3 Å². The van der Waals surface area contributed by atoms with E-state index in [0.29, 0.717) is 0 Å². The molecule has 1 heteroatoms. The molecule has 0 heterocycles. The summed E-state index contributed by atoms with van der Waals surface area (Å²) in [4.78, 5) is 2.39. The molecular weight excluding hydrogens is 386 g/mol. The number of hydrogen-bond acceptors (Lipinski definition) is 1. The van der Waals surface area contributed by atoms with Crippen molar-refractivity contribution in [2.24, 2.45) is 0 Å². The van der Waals surface area contributed by atoms with Crippen molar-refractivity contribution in [3.05, 3.63) is 127 Å². The van der Waals surface area contributed by atoms with Crippen LogP contribution in [0, 0.1) is 6.92 Å². The van der Waals surface area contributed by atoms with E-state index in [4.69, 9.17) is 0 Å². The van der Waals surface area contributed by atoms with Crippen LogP contribution in [0.2, 0.25) is 0 Å². The van der Waals surface area contributed by atoms with Gasteiger partial charge in [-0.25, -0.2) is 0 Å². The van der Waals surface area contributed by atoms with Gasteiger partial charge in [-0.2, -0.15) is 0 Å². The first-order valence-corrected chi connectivity index (χ1v) is 11.0. The number of anilines is 3. The fourth-order valence-electron chi connectivity index (χ4n) is 4.69. The molecule has 0 amide bonds. The minimum atomic E-state index is 1.16. The summed E-state index contributed by atoms with van der Waals surface area (Å²) in [5.41, 5.74) is 4.80. The first-order valence-electron chi connectivity index (χ1n) is 11.0. The largest absolute Gasteiger partial charge is 0.310 e. The summed E-state index contributed by atoms with van der Waals surface area (Å²) in [5, 5.41) is 7.54. The molecule has 152 valence electrons. The fraction of sp³-hybridized carbons (Fsp3) is 0.0323. The minimum Gasteiger partial charge on any atom is -0.310 e. The van der Waals surface area contributed by atoms with E-state index in [1.807, 2.05) is 0 Å². The van der Waals surface area contributed by atoms with Crippen LogP contribution in [0.5, 0.6) is 0 Å². The molecular formula is C31H23N. The summed E-state index contributed by atoms with van der Waals surface area (Å²) < 4.78 is 0. The standard InChI is InChI=1S/C31H23N/c1-22-14-19-31(30-13-7-6-12-29(22)30)32(27-17-15-23-8-2-4-10-25(23)20-27)28-18-16-24-9-3-5-11-26(24)21-28/h2-21H,1H3. The second-order valence-corrected chi connectivity index (χ2v) is 8.35. The van der Waals surface area contributed by atoms with E-state index >= 15 is 0 Å². The van der Waals surface area contributed by atoms with E-state index in [9.17, 15) is 0 Å². The van der Waals surface area contributed by atoms with Gasteiger partial charge < -0.3 is 4.90 Å². The number of benzene rings is 6. The molecule has 0 atom stereocenters. The van der Waals surface area contributed by atoms with Crippen LogP contribution in [0.1, 0.15) is 5.56 Å². The third-order valence-electron chi connectivity index (χ3n) is 6.34. The predicted octanol–water partition coefficient (Wildman–Crippen LogP) is 8.92. The summed E-state index contributed by atoms with van der Waals surface area (Å²) >= 11 is 0. The molecule has 0 bridgehead atoms. The molecule has 32 heavy (non-hydrogen) atoms.